The van der Waals surface area contributed by atoms with Crippen LogP contribution in [0.25, 0.3) is 133 Å². The van der Waals surface area contributed by atoms with E-state index in [1.165, 1.54) is 38.2 Å². The van der Waals surface area contributed by atoms with E-state index in [-0.39, 0.29) is 48.8 Å². The molecule has 3 fully saturated rings. The molecule has 2 saturated carbocycles. The van der Waals surface area contributed by atoms with Crippen LogP contribution < -0.4 is 45.0 Å². The minimum Gasteiger partial charge on any atom is -0.424 e. The number of hydrogen-bond donors (Lipinski definition) is 9. The Morgan fingerprint density at radius 3 is 1.55 bits per heavy atom. The van der Waals surface area contributed by atoms with Gasteiger partial charge in [-0.1, -0.05) is 15.5 Å². The summed E-state index contributed by atoms with van der Waals surface area (Å²) in [5, 5.41) is 52.3. The normalized spacial score (nSPS) is 14.2. The molecule has 13 heterocycles. The molecule has 36 nitrogen and oxygen atoms in total. The number of morpholine rings is 1. The number of aliphatic hydroxyl groups excluding tert-OH is 1. The van der Waals surface area contributed by atoms with E-state index in [1.807, 2.05) is 70.0 Å². The molecule has 2 aliphatic carbocycles. The van der Waals surface area contributed by atoms with Crippen molar-refractivity contribution in [2.24, 2.45) is 0 Å². The molecule has 16 aromatic rings. The fraction of sp³-hybridized carbons (Fsp3) is 0.279. The first-order valence-electron chi connectivity index (χ1n) is 33.4. The topological polar surface area (TPSA) is 508 Å². The number of nitrogens with two attached hydrogens (primary N) is 6. The summed E-state index contributed by atoms with van der Waals surface area (Å²) in [7, 11) is 1.80. The number of carbonyl (C=O) groups is 1. The van der Waals surface area contributed by atoms with Crippen molar-refractivity contribution in [3.63, 3.8) is 0 Å². The molecule has 0 spiro atoms. The highest BCUT2D eigenvalue weighted by Gasteiger charge is 2.47. The standard InChI is InChI=1S/C18H18N8O3.C18H19N7O.C16H15N7O2.C16H17N7O/c19-16-11-7-10(1-2-12(11)29-24-16)15-14-17(20)21-9-22-18(14)26(23-15)8-13(27)25-3-5-28-6-4-25;1-9(2)25-18-14(16(19)20-8-21-18)15(23-25)10-3-6-13-12(7-10)17(24-26-13)22-11-4-5-11;17-13-11-12(8-1-2-10-9(5-8)21-15(18)25-10)22-23(14(11)20-7-19-13)16(6-24)3-4-16;1-8(2)23-16-12(14(17)19-7-20-16)13(21-23)9-4-5-11-10(6-9)15(18-3)22-24-11/h1-2,7,9H,3-6,8H2,(H2,19,24)(H2,20,21,22);3,6-9,11H,4-5H2,1-2H3,(H,22,24)(H2,19,20,21);1-2,5,7,24H,3-4,6H2,(H2,18,21)(H2,17,19,20);4-8H,1-3H3,(H,18,22)(H2,17,19,20). The Kier molecular flexibility index (Phi) is 16.4. The number of ether oxygens (including phenoxy) is 1. The third kappa shape index (κ3) is 11.8. The van der Waals surface area contributed by atoms with Crippen LogP contribution in [0, 0.1) is 0 Å². The number of nitrogen functional groups attached to an aromatic ring is 6. The Morgan fingerprint density at radius 1 is 0.548 bits per heavy atom. The number of anilines is 8. The van der Waals surface area contributed by atoms with E-state index in [4.69, 9.17) is 72.4 Å². The Hall–Kier alpha value is -13.3. The minimum absolute atomic E-state index is 0.00593. The zero-order valence-corrected chi connectivity index (χ0v) is 56.8. The summed E-state index contributed by atoms with van der Waals surface area (Å²) in [6, 6.07) is 23.5. The number of fused-ring (bicyclic) bond motifs is 8. The number of nitrogens with one attached hydrogen (secondary N) is 2. The van der Waals surface area contributed by atoms with Crippen molar-refractivity contribution in [1.29, 1.82) is 0 Å². The number of aromatic nitrogens is 20. The lowest BCUT2D eigenvalue weighted by molar-refractivity contribution is -0.136. The van der Waals surface area contributed by atoms with Gasteiger partial charge < -0.3 is 77.8 Å². The maximum atomic E-state index is 12.7. The van der Waals surface area contributed by atoms with E-state index in [2.05, 4.69) is 104 Å². The summed E-state index contributed by atoms with van der Waals surface area (Å²) in [6.45, 7) is 10.5. The largest absolute Gasteiger partial charge is 0.424 e. The summed E-state index contributed by atoms with van der Waals surface area (Å²) >= 11 is 0. The number of aliphatic hydroxyl groups is 1. The number of carbonyl (C=O) groups excluding carboxylic acids is 1. The number of oxazole rings is 1. The highest BCUT2D eigenvalue weighted by Crippen LogP contribution is 2.47. The van der Waals surface area contributed by atoms with E-state index >= 15 is 0 Å². The second kappa shape index (κ2) is 26.0. The predicted octanol–water partition coefficient (Wildman–Crippen LogP) is 8.15. The van der Waals surface area contributed by atoms with Gasteiger partial charge in [0, 0.05) is 60.5 Å². The van der Waals surface area contributed by atoms with Gasteiger partial charge in [0.1, 0.15) is 83.4 Å². The summed E-state index contributed by atoms with van der Waals surface area (Å²) in [6.07, 6.45) is 9.75. The lowest BCUT2D eigenvalue weighted by Gasteiger charge is -2.26. The second-order valence-corrected chi connectivity index (χ2v) is 25.9. The molecule has 0 radical (unpaired) electrons. The fourth-order valence-corrected chi connectivity index (χ4v) is 12.7. The van der Waals surface area contributed by atoms with Gasteiger partial charge in [-0.3, -0.25) is 4.79 Å². The van der Waals surface area contributed by atoms with Crippen LogP contribution in [0.4, 0.5) is 46.7 Å². The third-order valence-corrected chi connectivity index (χ3v) is 18.4. The summed E-state index contributed by atoms with van der Waals surface area (Å²) in [4.78, 5) is 52.5. The number of amides is 1. The van der Waals surface area contributed by atoms with Gasteiger partial charge in [0.25, 0.3) is 6.01 Å². The first-order valence-corrected chi connectivity index (χ1v) is 33.4. The van der Waals surface area contributed by atoms with Crippen LogP contribution >= 0.6 is 0 Å². The molecule has 0 atom stereocenters. The van der Waals surface area contributed by atoms with Crippen LogP contribution in [-0.2, 0) is 21.6 Å². The van der Waals surface area contributed by atoms with Gasteiger partial charge in [0.15, 0.2) is 62.4 Å². The third-order valence-electron chi connectivity index (χ3n) is 18.4. The Morgan fingerprint density at radius 2 is 1.01 bits per heavy atom. The van der Waals surface area contributed by atoms with Crippen LogP contribution in [0.1, 0.15) is 65.5 Å². The summed E-state index contributed by atoms with van der Waals surface area (Å²) < 4.78 is 33.6. The molecule has 528 valence electrons. The van der Waals surface area contributed by atoms with Crippen LogP contribution in [0.15, 0.2) is 116 Å². The van der Waals surface area contributed by atoms with Gasteiger partial charge >= 0.3 is 0 Å². The van der Waals surface area contributed by atoms with Gasteiger partial charge in [-0.15, -0.1) is 0 Å². The van der Waals surface area contributed by atoms with Crippen molar-refractivity contribution in [1.82, 2.24) is 104 Å². The van der Waals surface area contributed by atoms with Crippen molar-refractivity contribution >= 4 is 141 Å². The Labute approximate surface area is 587 Å². The van der Waals surface area contributed by atoms with Crippen molar-refractivity contribution in [2.45, 2.75) is 83.6 Å². The highest BCUT2D eigenvalue weighted by atomic mass is 16.5. The molecule has 104 heavy (non-hydrogen) atoms. The summed E-state index contributed by atoms with van der Waals surface area (Å²) in [5.41, 5.74) is 47.6. The van der Waals surface area contributed by atoms with Gasteiger partial charge in [0.2, 0.25) is 5.91 Å². The molecule has 4 aromatic carbocycles. The molecule has 1 amide bonds. The molecule has 3 aliphatic rings. The lowest BCUT2D eigenvalue weighted by Crippen LogP contribution is -2.42. The molecule has 0 unspecified atom stereocenters. The number of benzene rings is 4. The molecule has 1 aliphatic heterocycles. The first-order chi connectivity index (χ1) is 50.4. The van der Waals surface area contributed by atoms with Crippen LogP contribution in [0.3, 0.4) is 0 Å². The monoisotopic (exact) mass is 1400 g/mol. The quantitative estimate of drug-likeness (QED) is 0.0525. The highest BCUT2D eigenvalue weighted by molar-refractivity contribution is 6.05. The smallest absolute Gasteiger partial charge is 0.292 e. The Balaban J connectivity index is 0.000000107. The molecule has 12 aromatic heterocycles. The predicted molar refractivity (Wildman–Crippen MR) is 388 cm³/mol. The van der Waals surface area contributed by atoms with Crippen LogP contribution in [0.5, 0.6) is 0 Å². The van der Waals surface area contributed by atoms with Crippen LogP contribution in [-0.4, -0.2) is 161 Å². The van der Waals surface area contributed by atoms with E-state index < -0.39 is 5.54 Å². The van der Waals surface area contributed by atoms with E-state index in [0.29, 0.717) is 117 Å². The fourth-order valence-electron chi connectivity index (χ4n) is 12.7. The Bertz CT molecular complexity index is 5970. The molecular formula is C68H69N29O7. The molecule has 36 heteroatoms. The second-order valence-electron chi connectivity index (χ2n) is 25.9. The van der Waals surface area contributed by atoms with Crippen molar-refractivity contribution in [2.75, 3.05) is 85.0 Å². The first kappa shape index (κ1) is 65.4. The minimum atomic E-state index is -0.403. The lowest BCUT2D eigenvalue weighted by atomic mass is 10.1. The maximum absolute atomic E-state index is 12.7. The summed E-state index contributed by atoms with van der Waals surface area (Å²) in [5.74, 6) is 3.18. The molecule has 1 saturated heterocycles. The zero-order valence-electron chi connectivity index (χ0n) is 56.8. The van der Waals surface area contributed by atoms with Crippen molar-refractivity contribution in [3.05, 3.63) is 98.1 Å². The zero-order chi connectivity index (χ0) is 71.8. The molecule has 0 bridgehead atoms. The number of rotatable bonds is 13. The van der Waals surface area contributed by atoms with Gasteiger partial charge in [-0.25, -0.2) is 58.6 Å². The average Bonchev–Trinajstić information content (AvgIpc) is 1.57. The molecule has 19 rings (SSSR count). The average molecular weight is 1400 g/mol. The molecular weight excluding hydrogens is 1330 g/mol. The van der Waals surface area contributed by atoms with E-state index in [1.54, 1.807) is 33.4 Å². The number of hydrogen-bond acceptors (Lipinski definition) is 31. The van der Waals surface area contributed by atoms with Gasteiger partial charge in [-0.2, -0.15) is 25.4 Å². The van der Waals surface area contributed by atoms with Gasteiger partial charge in [0.05, 0.1) is 63.1 Å². The van der Waals surface area contributed by atoms with Crippen molar-refractivity contribution in [3.8, 4) is 45.0 Å². The van der Waals surface area contributed by atoms with Gasteiger partial charge in [-0.05, 0) is 126 Å². The number of nitrogens with zero attached hydrogens (tertiary/aromatic N) is 21. The SMILES string of the molecule is CC(C)n1nc(-c2ccc3onc(NC4CC4)c3c2)c2c(N)ncnc21.CNc1noc2ccc(-c3nn(C(C)C)c4ncnc(N)c34)cc12.Nc1nc2cc(-c3nn(C4(CO)CC4)c4ncnc(N)c34)ccc2o1.Nc1noc2ccc(-c3nn(CC(=O)N4CCOCC4)c4ncnc(N)c34)cc12. The van der Waals surface area contributed by atoms with Crippen LogP contribution in [0.2, 0.25) is 0 Å². The van der Waals surface area contributed by atoms with E-state index in [0.717, 1.165) is 90.7 Å². The van der Waals surface area contributed by atoms with Crippen molar-refractivity contribution < 1.29 is 32.6 Å². The van der Waals surface area contributed by atoms with E-state index in [9.17, 15) is 9.90 Å². The molecule has 15 N–H and O–H groups in total. The maximum Gasteiger partial charge on any atom is 0.292 e.